The van der Waals surface area contributed by atoms with Crippen LogP contribution in [0, 0.1) is 20.8 Å². The van der Waals surface area contributed by atoms with Crippen LogP contribution in [0.3, 0.4) is 0 Å². The zero-order valence-corrected chi connectivity index (χ0v) is 13.7. The van der Waals surface area contributed by atoms with Crippen LogP contribution in [0.25, 0.3) is 32.8 Å². The summed E-state index contributed by atoms with van der Waals surface area (Å²) in [6.07, 6.45) is 0. The Kier molecular flexibility index (Phi) is 3.16. The molecule has 1 heteroatoms. The molecule has 1 nitrogen and oxygen atoms in total. The predicted octanol–water partition coefficient (Wildman–Crippen LogP) is 5.98. The van der Waals surface area contributed by atoms with E-state index in [0.29, 0.717) is 0 Å². The van der Waals surface area contributed by atoms with E-state index in [2.05, 4.69) is 81.4 Å². The van der Waals surface area contributed by atoms with E-state index in [0.717, 1.165) is 11.2 Å². The topological polar surface area (TPSA) is 12.9 Å². The zero-order chi connectivity index (χ0) is 16.0. The van der Waals surface area contributed by atoms with Gasteiger partial charge in [0.2, 0.25) is 0 Å². The van der Waals surface area contributed by atoms with Crippen molar-refractivity contribution in [1.29, 1.82) is 0 Å². The summed E-state index contributed by atoms with van der Waals surface area (Å²) < 4.78 is 0. The summed E-state index contributed by atoms with van der Waals surface area (Å²) in [6, 6.07) is 21.6. The minimum absolute atomic E-state index is 1.10. The van der Waals surface area contributed by atoms with Crippen LogP contribution in [0.4, 0.5) is 0 Å². The van der Waals surface area contributed by atoms with Crippen LogP contribution in [0.1, 0.15) is 16.8 Å². The second-order valence-corrected chi connectivity index (χ2v) is 6.25. The molecule has 0 atom stereocenters. The first kappa shape index (κ1) is 14.0. The van der Waals surface area contributed by atoms with Gasteiger partial charge in [0.05, 0.1) is 5.52 Å². The minimum atomic E-state index is 1.10. The molecule has 0 aliphatic heterocycles. The predicted molar refractivity (Wildman–Crippen MR) is 98.9 cm³/mol. The molecule has 0 aliphatic rings. The first-order valence-electron chi connectivity index (χ1n) is 8.01. The number of fused-ring (bicyclic) bond motifs is 3. The zero-order valence-electron chi connectivity index (χ0n) is 13.7. The first-order chi connectivity index (χ1) is 11.1. The number of pyridine rings is 1. The van der Waals surface area contributed by atoms with Crippen LogP contribution in [-0.4, -0.2) is 4.98 Å². The van der Waals surface area contributed by atoms with Crippen molar-refractivity contribution in [2.75, 3.05) is 0 Å². The Balaban J connectivity index is 2.18. The molecule has 0 saturated carbocycles. The highest BCUT2D eigenvalue weighted by Crippen LogP contribution is 2.35. The minimum Gasteiger partial charge on any atom is -0.252 e. The summed E-state index contributed by atoms with van der Waals surface area (Å²) in [4.78, 5) is 4.91. The number of nitrogens with zero attached hydrogens (tertiary/aromatic N) is 1. The van der Waals surface area contributed by atoms with Gasteiger partial charge in [0.1, 0.15) is 0 Å². The monoisotopic (exact) mass is 297 g/mol. The normalized spacial score (nSPS) is 11.3. The van der Waals surface area contributed by atoms with Crippen LogP contribution in [0.2, 0.25) is 0 Å². The molecule has 4 rings (SSSR count). The van der Waals surface area contributed by atoms with Crippen LogP contribution in [0.15, 0.2) is 60.7 Å². The lowest BCUT2D eigenvalue weighted by Crippen LogP contribution is -1.95. The molecule has 0 amide bonds. The Morgan fingerprint density at radius 3 is 2.39 bits per heavy atom. The van der Waals surface area contributed by atoms with Crippen molar-refractivity contribution in [3.05, 3.63) is 77.5 Å². The number of aryl methyl sites for hydroxylation is 2. The highest BCUT2D eigenvalue weighted by molar-refractivity contribution is 6.10. The molecular weight excluding hydrogens is 278 g/mol. The van der Waals surface area contributed by atoms with Gasteiger partial charge in [-0.15, -0.1) is 0 Å². The maximum absolute atomic E-state index is 4.91. The van der Waals surface area contributed by atoms with Gasteiger partial charge in [0.25, 0.3) is 0 Å². The molecule has 3 aromatic carbocycles. The Labute approximate surface area is 136 Å². The Morgan fingerprint density at radius 2 is 1.57 bits per heavy atom. The van der Waals surface area contributed by atoms with E-state index in [-0.39, 0.29) is 0 Å². The Bertz CT molecular complexity index is 1040. The van der Waals surface area contributed by atoms with Crippen LogP contribution in [-0.2, 0) is 0 Å². The second kappa shape index (κ2) is 5.20. The third-order valence-electron chi connectivity index (χ3n) is 4.67. The molecule has 0 bridgehead atoms. The van der Waals surface area contributed by atoms with Gasteiger partial charge < -0.3 is 0 Å². The molecule has 0 N–H and O–H groups in total. The molecule has 4 aromatic rings. The van der Waals surface area contributed by atoms with Crippen LogP contribution < -0.4 is 0 Å². The lowest BCUT2D eigenvalue weighted by Gasteiger charge is -2.15. The highest BCUT2D eigenvalue weighted by Gasteiger charge is 2.13. The summed E-state index contributed by atoms with van der Waals surface area (Å²) in [7, 11) is 0. The third-order valence-corrected chi connectivity index (χ3v) is 4.67. The Morgan fingerprint density at radius 1 is 0.739 bits per heavy atom. The van der Waals surface area contributed by atoms with Crippen LogP contribution in [0.5, 0.6) is 0 Å². The molecule has 0 radical (unpaired) electrons. The average molecular weight is 297 g/mol. The number of benzene rings is 3. The third kappa shape index (κ3) is 2.20. The van der Waals surface area contributed by atoms with E-state index in [9.17, 15) is 0 Å². The Hall–Kier alpha value is -2.67. The SMILES string of the molecule is Cc1cccc(-c2c(C)c(C)nc3c2ccc2ccccc23)c1. The quantitative estimate of drug-likeness (QED) is 0.394. The van der Waals surface area contributed by atoms with Crippen molar-refractivity contribution in [1.82, 2.24) is 4.98 Å². The standard InChI is InChI=1S/C22H19N/c1-14-7-6-9-18(13-14)21-15(2)16(3)23-22-19-10-5-4-8-17(19)11-12-20(21)22/h4-13H,1-3H3. The molecule has 0 aliphatic carbocycles. The van der Waals surface area contributed by atoms with Gasteiger partial charge in [0.15, 0.2) is 0 Å². The summed E-state index contributed by atoms with van der Waals surface area (Å²) in [5, 5.41) is 3.70. The fraction of sp³-hybridized carbons (Fsp3) is 0.136. The number of hydrogen-bond donors (Lipinski definition) is 0. The molecule has 23 heavy (non-hydrogen) atoms. The van der Waals surface area contributed by atoms with Crippen LogP contribution >= 0.6 is 0 Å². The number of aromatic nitrogens is 1. The number of hydrogen-bond acceptors (Lipinski definition) is 1. The largest absolute Gasteiger partial charge is 0.252 e. The van der Waals surface area contributed by atoms with Crippen molar-refractivity contribution < 1.29 is 0 Å². The van der Waals surface area contributed by atoms with Crippen molar-refractivity contribution in [2.24, 2.45) is 0 Å². The fourth-order valence-corrected chi connectivity index (χ4v) is 3.38. The molecule has 0 saturated heterocycles. The molecule has 112 valence electrons. The molecule has 1 heterocycles. The smallest absolute Gasteiger partial charge is 0.0789 e. The summed E-state index contributed by atoms with van der Waals surface area (Å²) in [5.74, 6) is 0. The average Bonchev–Trinajstić information content (AvgIpc) is 2.56. The molecule has 0 unspecified atom stereocenters. The van der Waals surface area contributed by atoms with Crippen molar-refractivity contribution in [2.45, 2.75) is 20.8 Å². The van der Waals surface area contributed by atoms with Gasteiger partial charge in [-0.1, -0.05) is 66.2 Å². The highest BCUT2D eigenvalue weighted by atomic mass is 14.7. The first-order valence-corrected chi connectivity index (χ1v) is 8.01. The van der Waals surface area contributed by atoms with E-state index < -0.39 is 0 Å². The van der Waals surface area contributed by atoms with Gasteiger partial charge in [-0.05, 0) is 42.8 Å². The van der Waals surface area contributed by atoms with E-state index in [1.165, 1.54) is 38.4 Å². The maximum atomic E-state index is 4.91. The molecule has 1 aromatic heterocycles. The van der Waals surface area contributed by atoms with E-state index in [4.69, 9.17) is 4.98 Å². The number of rotatable bonds is 1. The van der Waals surface area contributed by atoms with Gasteiger partial charge in [-0.25, -0.2) is 0 Å². The molecule has 0 spiro atoms. The lowest BCUT2D eigenvalue weighted by molar-refractivity contribution is 1.20. The molecular formula is C22H19N. The van der Waals surface area contributed by atoms with Crippen molar-refractivity contribution in [3.8, 4) is 11.1 Å². The van der Waals surface area contributed by atoms with Gasteiger partial charge in [-0.2, -0.15) is 0 Å². The van der Waals surface area contributed by atoms with Gasteiger partial charge in [-0.3, -0.25) is 4.98 Å². The summed E-state index contributed by atoms with van der Waals surface area (Å²) in [6.45, 7) is 6.43. The molecule has 0 fully saturated rings. The van der Waals surface area contributed by atoms with E-state index >= 15 is 0 Å². The fourth-order valence-electron chi connectivity index (χ4n) is 3.38. The summed E-state index contributed by atoms with van der Waals surface area (Å²) >= 11 is 0. The van der Waals surface area contributed by atoms with Gasteiger partial charge in [0, 0.05) is 16.5 Å². The van der Waals surface area contributed by atoms with Crippen molar-refractivity contribution in [3.63, 3.8) is 0 Å². The second-order valence-electron chi connectivity index (χ2n) is 6.25. The van der Waals surface area contributed by atoms with E-state index in [1.54, 1.807) is 0 Å². The summed E-state index contributed by atoms with van der Waals surface area (Å²) in [5.41, 5.74) is 7.33. The maximum Gasteiger partial charge on any atom is 0.0789 e. The lowest BCUT2D eigenvalue weighted by atomic mass is 9.92. The van der Waals surface area contributed by atoms with Crippen molar-refractivity contribution >= 4 is 21.7 Å². The van der Waals surface area contributed by atoms with Gasteiger partial charge >= 0.3 is 0 Å². The van der Waals surface area contributed by atoms with E-state index in [1.807, 2.05) is 0 Å².